The standard InChI is InChI=1S/C29H38N2O7/c1-4-6-7-8-19-37-28(35)23-22-14-15-29(38-22)24(23)26(33)31(17-9-18-32)25(29)27(34)30(16-5-2)20-10-12-21(36-3)13-11-20/h4-5,10-13,22-25,32H,1-2,6-9,14-19H2,3H3/t22-,23+,24-,25?,29?/m0/s1. The number of fused-ring (bicyclic) bond motifs is 1. The molecule has 2 unspecified atom stereocenters. The maximum Gasteiger partial charge on any atom is 0.312 e. The van der Waals surface area contributed by atoms with Crippen LogP contribution >= 0.6 is 0 Å². The normalized spacial score (nSPS) is 27.2. The summed E-state index contributed by atoms with van der Waals surface area (Å²) in [7, 11) is 1.57. The Labute approximate surface area is 224 Å². The van der Waals surface area contributed by atoms with Crippen molar-refractivity contribution in [2.24, 2.45) is 11.8 Å². The van der Waals surface area contributed by atoms with Gasteiger partial charge in [0, 0.05) is 25.4 Å². The number of ether oxygens (including phenoxy) is 3. The van der Waals surface area contributed by atoms with E-state index in [0.29, 0.717) is 37.1 Å². The van der Waals surface area contributed by atoms with E-state index in [4.69, 9.17) is 14.2 Å². The Balaban J connectivity index is 1.63. The number of aliphatic hydroxyl groups excluding tert-OH is 1. The molecule has 0 saturated carbocycles. The van der Waals surface area contributed by atoms with Gasteiger partial charge in [-0.05, 0) is 62.8 Å². The summed E-state index contributed by atoms with van der Waals surface area (Å²) in [6, 6.07) is 6.17. The molecule has 9 heteroatoms. The molecular formula is C29H38N2O7. The first-order chi connectivity index (χ1) is 18.4. The molecule has 1 spiro atoms. The average molecular weight is 527 g/mol. The number of unbranched alkanes of at least 4 members (excludes halogenated alkanes) is 2. The largest absolute Gasteiger partial charge is 0.497 e. The molecule has 2 bridgehead atoms. The molecule has 0 aliphatic carbocycles. The van der Waals surface area contributed by atoms with Gasteiger partial charge in [-0.1, -0.05) is 12.2 Å². The number of rotatable bonds is 14. The Morgan fingerprint density at radius 2 is 1.97 bits per heavy atom. The lowest BCUT2D eigenvalue weighted by Gasteiger charge is -2.36. The molecule has 1 N–H and O–H groups in total. The third-order valence-electron chi connectivity index (χ3n) is 7.87. The van der Waals surface area contributed by atoms with Crippen LogP contribution in [-0.2, 0) is 23.9 Å². The molecule has 3 fully saturated rings. The van der Waals surface area contributed by atoms with Crippen molar-refractivity contribution in [2.75, 3.05) is 38.3 Å². The molecule has 1 aromatic carbocycles. The number of hydrogen-bond acceptors (Lipinski definition) is 7. The number of anilines is 1. The van der Waals surface area contributed by atoms with Crippen molar-refractivity contribution in [2.45, 2.75) is 56.3 Å². The van der Waals surface area contributed by atoms with Gasteiger partial charge in [-0.15, -0.1) is 13.2 Å². The number of methoxy groups -OCH3 is 1. The fourth-order valence-corrected chi connectivity index (χ4v) is 6.20. The van der Waals surface area contributed by atoms with E-state index in [9.17, 15) is 19.5 Å². The van der Waals surface area contributed by atoms with Crippen molar-refractivity contribution < 1.29 is 33.7 Å². The predicted molar refractivity (Wildman–Crippen MR) is 142 cm³/mol. The molecule has 206 valence electrons. The monoisotopic (exact) mass is 526 g/mol. The Morgan fingerprint density at radius 3 is 2.63 bits per heavy atom. The Hall–Kier alpha value is -3.17. The maximum absolute atomic E-state index is 14.3. The highest BCUT2D eigenvalue weighted by Gasteiger charge is 2.75. The van der Waals surface area contributed by atoms with Crippen molar-refractivity contribution >= 4 is 23.5 Å². The summed E-state index contributed by atoms with van der Waals surface area (Å²) in [6.45, 7) is 8.07. The molecule has 0 aromatic heterocycles. The van der Waals surface area contributed by atoms with Crippen LogP contribution in [-0.4, -0.2) is 79.0 Å². The van der Waals surface area contributed by atoms with Gasteiger partial charge in [0.25, 0.3) is 5.91 Å². The van der Waals surface area contributed by atoms with Crippen molar-refractivity contribution in [3.63, 3.8) is 0 Å². The predicted octanol–water partition coefficient (Wildman–Crippen LogP) is 2.87. The highest BCUT2D eigenvalue weighted by Crippen LogP contribution is 2.59. The van der Waals surface area contributed by atoms with Crippen molar-refractivity contribution in [1.29, 1.82) is 0 Å². The maximum atomic E-state index is 14.3. The summed E-state index contributed by atoms with van der Waals surface area (Å²) in [4.78, 5) is 44.4. The van der Waals surface area contributed by atoms with Crippen LogP contribution in [0.1, 0.15) is 38.5 Å². The van der Waals surface area contributed by atoms with Gasteiger partial charge < -0.3 is 29.1 Å². The molecule has 0 radical (unpaired) electrons. The second-order valence-corrected chi connectivity index (χ2v) is 10.1. The lowest BCUT2D eigenvalue weighted by atomic mass is 9.70. The number of esters is 1. The number of allylic oxidation sites excluding steroid dienone is 1. The molecular weight excluding hydrogens is 488 g/mol. The first-order valence-electron chi connectivity index (χ1n) is 13.4. The summed E-state index contributed by atoms with van der Waals surface area (Å²) in [6.07, 6.45) is 6.78. The zero-order chi connectivity index (χ0) is 27.3. The number of aliphatic hydroxyl groups is 1. The van der Waals surface area contributed by atoms with Crippen LogP contribution in [0.4, 0.5) is 5.69 Å². The van der Waals surface area contributed by atoms with E-state index in [-0.39, 0.29) is 38.1 Å². The van der Waals surface area contributed by atoms with E-state index in [2.05, 4.69) is 13.2 Å². The number of amides is 2. The summed E-state index contributed by atoms with van der Waals surface area (Å²) in [5.74, 6) is -1.93. The van der Waals surface area contributed by atoms with E-state index in [0.717, 1.165) is 12.8 Å². The lowest BCUT2D eigenvalue weighted by molar-refractivity contribution is -0.155. The number of benzene rings is 1. The van der Waals surface area contributed by atoms with Crippen LogP contribution in [0.15, 0.2) is 49.6 Å². The number of hydrogen-bond donors (Lipinski definition) is 1. The van der Waals surface area contributed by atoms with Gasteiger partial charge in [-0.3, -0.25) is 14.4 Å². The van der Waals surface area contributed by atoms with E-state index in [1.165, 1.54) is 4.90 Å². The third-order valence-corrected chi connectivity index (χ3v) is 7.87. The number of carbonyl (C=O) groups is 3. The van der Waals surface area contributed by atoms with E-state index >= 15 is 0 Å². The minimum atomic E-state index is -1.12. The van der Waals surface area contributed by atoms with Crippen LogP contribution in [0.3, 0.4) is 0 Å². The first kappa shape index (κ1) is 27.9. The average Bonchev–Trinajstić information content (AvgIpc) is 3.57. The molecule has 1 aromatic rings. The minimum Gasteiger partial charge on any atom is -0.497 e. The molecule has 4 rings (SSSR count). The van der Waals surface area contributed by atoms with Gasteiger partial charge in [-0.25, -0.2) is 0 Å². The topological polar surface area (TPSA) is 106 Å². The van der Waals surface area contributed by atoms with Crippen LogP contribution in [0.5, 0.6) is 5.75 Å². The molecule has 3 saturated heterocycles. The SMILES string of the molecule is C=CCCCCOC(=O)[C@@H]1[C@@H]2CCC3(O2)C(C(=O)N(CC=C)c2ccc(OC)cc2)N(CCCO)C(=O)[C@H]13. The summed E-state index contributed by atoms with van der Waals surface area (Å²) in [5, 5.41) is 9.52. The van der Waals surface area contributed by atoms with Crippen molar-refractivity contribution in [1.82, 2.24) is 4.90 Å². The highest BCUT2D eigenvalue weighted by molar-refractivity contribution is 6.04. The second kappa shape index (κ2) is 12.1. The van der Waals surface area contributed by atoms with Gasteiger partial charge in [0.15, 0.2) is 0 Å². The van der Waals surface area contributed by atoms with Gasteiger partial charge in [0.05, 0.1) is 31.7 Å². The zero-order valence-corrected chi connectivity index (χ0v) is 22.0. The number of likely N-dealkylation sites (tertiary alicyclic amines) is 1. The summed E-state index contributed by atoms with van der Waals surface area (Å²) < 4.78 is 17.3. The second-order valence-electron chi connectivity index (χ2n) is 10.1. The number of nitrogens with zero attached hydrogens (tertiary/aromatic N) is 2. The summed E-state index contributed by atoms with van der Waals surface area (Å²) in [5.41, 5.74) is -0.486. The van der Waals surface area contributed by atoms with Crippen LogP contribution in [0.2, 0.25) is 0 Å². The van der Waals surface area contributed by atoms with Crippen molar-refractivity contribution in [3.05, 3.63) is 49.6 Å². The Kier molecular flexibility index (Phi) is 8.89. The summed E-state index contributed by atoms with van der Waals surface area (Å²) >= 11 is 0. The quantitative estimate of drug-likeness (QED) is 0.226. The van der Waals surface area contributed by atoms with E-state index < -0.39 is 35.6 Å². The Morgan fingerprint density at radius 1 is 1.21 bits per heavy atom. The fraction of sp³-hybridized carbons (Fsp3) is 0.552. The first-order valence-corrected chi connectivity index (χ1v) is 13.4. The van der Waals surface area contributed by atoms with Gasteiger partial charge in [0.2, 0.25) is 5.91 Å². The van der Waals surface area contributed by atoms with E-state index in [1.54, 1.807) is 42.4 Å². The molecule has 3 aliphatic rings. The lowest BCUT2D eigenvalue weighted by Crippen LogP contribution is -2.56. The molecule has 3 heterocycles. The smallest absolute Gasteiger partial charge is 0.312 e. The van der Waals surface area contributed by atoms with Gasteiger partial charge in [0.1, 0.15) is 17.4 Å². The van der Waals surface area contributed by atoms with Crippen molar-refractivity contribution in [3.8, 4) is 5.75 Å². The Bertz CT molecular complexity index is 1040. The minimum absolute atomic E-state index is 0.128. The van der Waals surface area contributed by atoms with Crippen LogP contribution < -0.4 is 9.64 Å². The number of carbonyl (C=O) groups excluding carboxylic acids is 3. The fourth-order valence-electron chi connectivity index (χ4n) is 6.20. The van der Waals surface area contributed by atoms with Gasteiger partial charge >= 0.3 is 5.97 Å². The molecule has 3 aliphatic heterocycles. The highest BCUT2D eigenvalue weighted by atomic mass is 16.6. The molecule has 2 amide bonds. The molecule has 38 heavy (non-hydrogen) atoms. The van der Waals surface area contributed by atoms with Crippen LogP contribution in [0.25, 0.3) is 0 Å². The van der Waals surface area contributed by atoms with Crippen LogP contribution in [0, 0.1) is 11.8 Å². The third kappa shape index (κ3) is 4.97. The van der Waals surface area contributed by atoms with Gasteiger partial charge in [-0.2, -0.15) is 0 Å². The molecule has 9 nitrogen and oxygen atoms in total. The zero-order valence-electron chi connectivity index (χ0n) is 22.0. The van der Waals surface area contributed by atoms with E-state index in [1.807, 2.05) is 6.08 Å². The molecule has 5 atom stereocenters.